The Hall–Kier alpha value is -2.60. The van der Waals surface area contributed by atoms with E-state index in [1.165, 1.54) is 24.5 Å². The van der Waals surface area contributed by atoms with E-state index < -0.39 is 23.9 Å². The van der Waals surface area contributed by atoms with Crippen molar-refractivity contribution in [1.29, 1.82) is 0 Å². The molecule has 1 aromatic carbocycles. The van der Waals surface area contributed by atoms with Crippen molar-refractivity contribution in [3.63, 3.8) is 0 Å². The first-order valence-electron chi connectivity index (χ1n) is 5.95. The summed E-state index contributed by atoms with van der Waals surface area (Å²) in [5, 5.41) is 9.33. The molecule has 2 N–H and O–H groups in total. The zero-order chi connectivity index (χ0) is 15.4. The lowest BCUT2D eigenvalue weighted by molar-refractivity contribution is -0.135. The highest BCUT2D eigenvalue weighted by Gasteiger charge is 2.22. The number of nitrogens with one attached hydrogen (secondary N) is 1. The van der Waals surface area contributed by atoms with Crippen LogP contribution < -0.4 is 10.3 Å². The molecule has 0 aliphatic carbocycles. The Morgan fingerprint density at radius 3 is 2.67 bits per heavy atom. The summed E-state index contributed by atoms with van der Waals surface area (Å²) < 4.78 is 0. The average molecular weight is 307 g/mol. The van der Waals surface area contributed by atoms with E-state index in [-0.39, 0.29) is 5.56 Å². The van der Waals surface area contributed by atoms with Crippen molar-refractivity contribution in [3.8, 4) is 0 Å². The fourth-order valence-electron chi connectivity index (χ4n) is 1.79. The Morgan fingerprint density at radius 1 is 1.29 bits per heavy atom. The van der Waals surface area contributed by atoms with Gasteiger partial charge in [-0.2, -0.15) is 0 Å². The number of halogens is 1. The number of aromatic amines is 1. The monoisotopic (exact) mass is 306 g/mol. The summed E-state index contributed by atoms with van der Waals surface area (Å²) in [5.74, 6) is -1.91. The summed E-state index contributed by atoms with van der Waals surface area (Å²) in [6.45, 7) is -0.576. The molecular formula is C14H11ClN2O4. The molecule has 2 rings (SSSR count). The number of rotatable bonds is 4. The fraction of sp³-hybridized carbons (Fsp3) is 0.0714. The number of benzene rings is 1. The van der Waals surface area contributed by atoms with Gasteiger partial charge in [0.1, 0.15) is 12.1 Å². The minimum atomic E-state index is -1.20. The number of amides is 1. The van der Waals surface area contributed by atoms with Gasteiger partial charge < -0.3 is 10.1 Å². The van der Waals surface area contributed by atoms with Crippen molar-refractivity contribution < 1.29 is 14.7 Å². The molecule has 0 spiro atoms. The van der Waals surface area contributed by atoms with Crippen molar-refractivity contribution in [3.05, 3.63) is 63.5 Å². The molecule has 2 aromatic rings. The molecule has 0 atom stereocenters. The molecule has 0 aliphatic heterocycles. The number of pyridine rings is 1. The molecule has 108 valence electrons. The molecule has 0 radical (unpaired) electrons. The van der Waals surface area contributed by atoms with Crippen LogP contribution in [0.5, 0.6) is 0 Å². The van der Waals surface area contributed by atoms with Gasteiger partial charge in [-0.25, -0.2) is 0 Å². The number of anilines is 1. The minimum absolute atomic E-state index is 0.140. The summed E-state index contributed by atoms with van der Waals surface area (Å²) in [5.41, 5.74) is -0.326. The minimum Gasteiger partial charge on any atom is -0.480 e. The van der Waals surface area contributed by atoms with E-state index in [1.54, 1.807) is 18.2 Å². The molecular weight excluding hydrogens is 296 g/mol. The third kappa shape index (κ3) is 3.49. The normalized spacial score (nSPS) is 10.1. The Labute approximate surface area is 124 Å². The topological polar surface area (TPSA) is 90.5 Å². The highest BCUT2D eigenvalue weighted by molar-refractivity contribution is 6.31. The van der Waals surface area contributed by atoms with Gasteiger partial charge in [-0.3, -0.25) is 19.3 Å². The number of carboxylic acids is 1. The Morgan fingerprint density at radius 2 is 2.05 bits per heavy atom. The highest BCUT2D eigenvalue weighted by Crippen LogP contribution is 2.20. The largest absolute Gasteiger partial charge is 0.480 e. The smallest absolute Gasteiger partial charge is 0.323 e. The zero-order valence-corrected chi connectivity index (χ0v) is 11.5. The van der Waals surface area contributed by atoms with Crippen molar-refractivity contribution in [2.75, 3.05) is 11.4 Å². The third-order valence-electron chi connectivity index (χ3n) is 2.71. The molecule has 1 amide bonds. The van der Waals surface area contributed by atoms with E-state index in [2.05, 4.69) is 4.98 Å². The third-order valence-corrected chi connectivity index (χ3v) is 2.95. The van der Waals surface area contributed by atoms with Crippen LogP contribution in [0.25, 0.3) is 0 Å². The van der Waals surface area contributed by atoms with Crippen molar-refractivity contribution >= 4 is 29.2 Å². The van der Waals surface area contributed by atoms with Crippen LogP contribution in [0.2, 0.25) is 5.02 Å². The first-order chi connectivity index (χ1) is 9.99. The van der Waals surface area contributed by atoms with Gasteiger partial charge in [-0.15, -0.1) is 0 Å². The summed E-state index contributed by atoms with van der Waals surface area (Å²) in [7, 11) is 0. The lowest BCUT2D eigenvalue weighted by Crippen LogP contribution is -2.38. The number of aliphatic carboxylic acids is 1. The number of H-pyrrole nitrogens is 1. The van der Waals surface area contributed by atoms with Crippen molar-refractivity contribution in [2.45, 2.75) is 0 Å². The van der Waals surface area contributed by atoms with Gasteiger partial charge in [0.25, 0.3) is 5.91 Å². The van der Waals surface area contributed by atoms with Crippen LogP contribution in [-0.2, 0) is 4.79 Å². The van der Waals surface area contributed by atoms with E-state index in [0.717, 1.165) is 4.90 Å². The van der Waals surface area contributed by atoms with E-state index in [0.29, 0.717) is 10.7 Å². The second-order valence-corrected chi connectivity index (χ2v) is 4.62. The predicted molar refractivity (Wildman–Crippen MR) is 77.8 cm³/mol. The van der Waals surface area contributed by atoms with Gasteiger partial charge in [0.2, 0.25) is 0 Å². The number of carboxylic acid groups (broad SMARTS) is 1. The standard InChI is InChI=1S/C14H11ClN2O4/c15-9-2-1-3-10(6-9)17(8-13(19)20)14(21)11-7-16-5-4-12(11)18/h1-7H,8H2,(H,16,18)(H,19,20). The van der Waals surface area contributed by atoms with E-state index in [4.69, 9.17) is 16.7 Å². The Kier molecular flexibility index (Phi) is 4.39. The molecule has 0 unspecified atom stereocenters. The molecule has 1 heterocycles. The van der Waals surface area contributed by atoms with Gasteiger partial charge in [0.05, 0.1) is 0 Å². The first kappa shape index (κ1) is 14.8. The molecule has 6 nitrogen and oxygen atoms in total. The number of hydrogen-bond acceptors (Lipinski definition) is 3. The van der Waals surface area contributed by atoms with Gasteiger partial charge in [0.15, 0.2) is 5.43 Å². The van der Waals surface area contributed by atoms with Crippen LogP contribution in [0.3, 0.4) is 0 Å². The lowest BCUT2D eigenvalue weighted by Gasteiger charge is -2.20. The first-order valence-corrected chi connectivity index (χ1v) is 6.33. The number of nitrogens with zero attached hydrogens (tertiary/aromatic N) is 1. The zero-order valence-electron chi connectivity index (χ0n) is 10.7. The number of carbonyl (C=O) groups excluding carboxylic acids is 1. The molecule has 0 aliphatic rings. The SMILES string of the molecule is O=C(O)CN(C(=O)c1c[nH]ccc1=O)c1cccc(Cl)c1. The maximum Gasteiger partial charge on any atom is 0.323 e. The maximum atomic E-state index is 12.4. The predicted octanol–water partition coefficient (Wildman–Crippen LogP) is 1.76. The summed E-state index contributed by atoms with van der Waals surface area (Å²) in [6, 6.07) is 7.40. The molecule has 0 bridgehead atoms. The van der Waals surface area contributed by atoms with Crippen LogP contribution in [-0.4, -0.2) is 28.5 Å². The van der Waals surface area contributed by atoms with Crippen LogP contribution >= 0.6 is 11.6 Å². The van der Waals surface area contributed by atoms with Crippen LogP contribution in [0.1, 0.15) is 10.4 Å². The van der Waals surface area contributed by atoms with Crippen molar-refractivity contribution in [2.24, 2.45) is 0 Å². The number of carbonyl (C=O) groups is 2. The van der Waals surface area contributed by atoms with Gasteiger partial charge in [-0.1, -0.05) is 17.7 Å². The van der Waals surface area contributed by atoms with Gasteiger partial charge in [0, 0.05) is 29.2 Å². The molecule has 21 heavy (non-hydrogen) atoms. The second kappa shape index (κ2) is 6.23. The van der Waals surface area contributed by atoms with Crippen molar-refractivity contribution in [1.82, 2.24) is 4.98 Å². The number of aromatic nitrogens is 1. The van der Waals surface area contributed by atoms with Crippen LogP contribution in [0, 0.1) is 0 Å². The lowest BCUT2D eigenvalue weighted by atomic mass is 10.2. The van der Waals surface area contributed by atoms with E-state index >= 15 is 0 Å². The van der Waals surface area contributed by atoms with Crippen LogP contribution in [0.4, 0.5) is 5.69 Å². The number of hydrogen-bond donors (Lipinski definition) is 2. The summed E-state index contributed by atoms with van der Waals surface area (Å²) in [4.78, 5) is 38.7. The fourth-order valence-corrected chi connectivity index (χ4v) is 1.97. The molecule has 0 fully saturated rings. The molecule has 1 aromatic heterocycles. The summed E-state index contributed by atoms with van der Waals surface area (Å²) in [6.07, 6.45) is 2.63. The van der Waals surface area contributed by atoms with E-state index in [1.807, 2.05) is 0 Å². The van der Waals surface area contributed by atoms with Crippen LogP contribution in [0.15, 0.2) is 47.5 Å². The van der Waals surface area contributed by atoms with Gasteiger partial charge >= 0.3 is 5.97 Å². The average Bonchev–Trinajstić information content (AvgIpc) is 2.44. The Balaban J connectivity index is 2.46. The molecule has 0 saturated heterocycles. The molecule has 7 heteroatoms. The molecule has 0 saturated carbocycles. The second-order valence-electron chi connectivity index (χ2n) is 4.19. The van der Waals surface area contributed by atoms with E-state index in [9.17, 15) is 14.4 Å². The quantitative estimate of drug-likeness (QED) is 0.900. The maximum absolute atomic E-state index is 12.4. The van der Waals surface area contributed by atoms with Gasteiger partial charge in [-0.05, 0) is 18.2 Å². The Bertz CT molecular complexity index is 742. The highest BCUT2D eigenvalue weighted by atomic mass is 35.5. The summed E-state index contributed by atoms with van der Waals surface area (Å²) >= 11 is 5.85.